The first-order valence-electron chi connectivity index (χ1n) is 11.4. The van der Waals surface area contributed by atoms with Crippen LogP contribution in [0.1, 0.15) is 42.9 Å². The molecule has 1 amide bonds. The summed E-state index contributed by atoms with van der Waals surface area (Å²) in [6.45, 7) is 4.83. The second-order valence-electron chi connectivity index (χ2n) is 8.85. The molecule has 0 bridgehead atoms. The topological polar surface area (TPSA) is 56.4 Å². The van der Waals surface area contributed by atoms with Gasteiger partial charge in [-0.25, -0.2) is 5.43 Å². The SMILES string of the molecule is O=C(CCC1CCCN(CC2CNNC2c2ccccc2)C1)NCc1ccccc1Cl. The molecule has 2 aromatic rings. The molecule has 0 radical (unpaired) electrons. The van der Waals surface area contributed by atoms with Crippen molar-refractivity contribution in [3.05, 3.63) is 70.7 Å². The van der Waals surface area contributed by atoms with Gasteiger partial charge in [0.25, 0.3) is 0 Å². The zero-order chi connectivity index (χ0) is 21.5. The number of halogens is 1. The van der Waals surface area contributed by atoms with E-state index in [4.69, 9.17) is 11.6 Å². The van der Waals surface area contributed by atoms with E-state index in [1.807, 2.05) is 24.3 Å². The molecule has 2 aromatic carbocycles. The molecule has 2 aliphatic rings. The molecule has 166 valence electrons. The van der Waals surface area contributed by atoms with E-state index in [1.54, 1.807) is 0 Å². The van der Waals surface area contributed by atoms with Crippen LogP contribution in [0.5, 0.6) is 0 Å². The molecule has 3 atom stereocenters. The molecule has 2 heterocycles. The lowest BCUT2D eigenvalue weighted by Crippen LogP contribution is -2.40. The normalized spacial score (nSPS) is 24.2. The van der Waals surface area contributed by atoms with E-state index < -0.39 is 0 Å². The Kier molecular flexibility index (Phi) is 7.97. The molecule has 0 aromatic heterocycles. The Hall–Kier alpha value is -1.92. The van der Waals surface area contributed by atoms with Crippen LogP contribution in [0.2, 0.25) is 5.02 Å². The highest BCUT2D eigenvalue weighted by Crippen LogP contribution is 2.28. The average Bonchev–Trinajstić information content (AvgIpc) is 3.26. The van der Waals surface area contributed by atoms with Crippen LogP contribution in [-0.2, 0) is 11.3 Å². The second kappa shape index (κ2) is 11.1. The molecule has 0 spiro atoms. The lowest BCUT2D eigenvalue weighted by Gasteiger charge is -2.35. The lowest BCUT2D eigenvalue weighted by molar-refractivity contribution is -0.121. The summed E-state index contributed by atoms with van der Waals surface area (Å²) in [7, 11) is 0. The van der Waals surface area contributed by atoms with E-state index in [0.717, 1.165) is 38.2 Å². The maximum Gasteiger partial charge on any atom is 0.220 e. The summed E-state index contributed by atoms with van der Waals surface area (Å²) in [4.78, 5) is 14.9. The van der Waals surface area contributed by atoms with E-state index >= 15 is 0 Å². The standard InChI is InChI=1S/C25H33ClN4O/c26-23-11-5-4-10-21(23)15-27-24(31)13-12-19-7-6-14-30(17-19)18-22-16-28-29-25(22)20-8-2-1-3-9-20/h1-5,8-11,19,22,25,28-29H,6-7,12-18H2,(H,27,31). The number of carbonyl (C=O) groups is 1. The molecule has 5 nitrogen and oxygen atoms in total. The van der Waals surface area contributed by atoms with Crippen molar-refractivity contribution in [2.24, 2.45) is 11.8 Å². The number of likely N-dealkylation sites (tertiary alicyclic amines) is 1. The van der Waals surface area contributed by atoms with Crippen molar-refractivity contribution in [2.45, 2.75) is 38.3 Å². The van der Waals surface area contributed by atoms with Gasteiger partial charge in [-0.2, -0.15) is 0 Å². The summed E-state index contributed by atoms with van der Waals surface area (Å²) in [6, 6.07) is 18.7. The molecule has 2 saturated heterocycles. The molecule has 0 aliphatic carbocycles. The van der Waals surface area contributed by atoms with E-state index in [9.17, 15) is 4.79 Å². The smallest absolute Gasteiger partial charge is 0.220 e. The van der Waals surface area contributed by atoms with Crippen LogP contribution in [0.25, 0.3) is 0 Å². The molecule has 3 unspecified atom stereocenters. The highest BCUT2D eigenvalue weighted by Gasteiger charge is 2.31. The van der Waals surface area contributed by atoms with Crippen molar-refractivity contribution in [2.75, 3.05) is 26.2 Å². The fraction of sp³-hybridized carbons (Fsp3) is 0.480. The fourth-order valence-corrected chi connectivity index (χ4v) is 5.07. The number of amides is 1. The third kappa shape index (κ3) is 6.30. The molecular formula is C25H33ClN4O. The maximum absolute atomic E-state index is 12.3. The lowest BCUT2D eigenvalue weighted by atomic mass is 9.90. The predicted molar refractivity (Wildman–Crippen MR) is 126 cm³/mol. The monoisotopic (exact) mass is 440 g/mol. The minimum atomic E-state index is 0.116. The molecule has 6 heteroatoms. The van der Waals surface area contributed by atoms with Crippen molar-refractivity contribution in [1.82, 2.24) is 21.1 Å². The molecule has 2 aliphatic heterocycles. The first-order valence-corrected chi connectivity index (χ1v) is 11.8. The predicted octanol–water partition coefficient (Wildman–Crippen LogP) is 3.91. The van der Waals surface area contributed by atoms with Crippen molar-refractivity contribution >= 4 is 17.5 Å². The van der Waals surface area contributed by atoms with Crippen molar-refractivity contribution < 1.29 is 4.79 Å². The minimum absolute atomic E-state index is 0.116. The summed E-state index contributed by atoms with van der Waals surface area (Å²) >= 11 is 6.18. The van der Waals surface area contributed by atoms with Gasteiger partial charge in [0.05, 0.1) is 6.04 Å². The largest absolute Gasteiger partial charge is 0.352 e. The van der Waals surface area contributed by atoms with Gasteiger partial charge < -0.3 is 10.2 Å². The third-order valence-electron chi connectivity index (χ3n) is 6.56. The van der Waals surface area contributed by atoms with Crippen LogP contribution < -0.4 is 16.2 Å². The van der Waals surface area contributed by atoms with Gasteiger partial charge in [0, 0.05) is 43.5 Å². The maximum atomic E-state index is 12.3. The molecule has 3 N–H and O–H groups in total. The number of hydrogen-bond donors (Lipinski definition) is 3. The van der Waals surface area contributed by atoms with Crippen LogP contribution >= 0.6 is 11.6 Å². The molecule has 4 rings (SSSR count). The molecule has 0 saturated carbocycles. The summed E-state index contributed by atoms with van der Waals surface area (Å²) < 4.78 is 0. The van der Waals surface area contributed by atoms with E-state index in [2.05, 4.69) is 51.4 Å². The van der Waals surface area contributed by atoms with E-state index in [1.165, 1.54) is 18.4 Å². The molecule has 2 fully saturated rings. The van der Waals surface area contributed by atoms with Crippen LogP contribution in [0.3, 0.4) is 0 Å². The van der Waals surface area contributed by atoms with Crippen LogP contribution in [0.15, 0.2) is 54.6 Å². The van der Waals surface area contributed by atoms with Crippen molar-refractivity contribution in [1.29, 1.82) is 0 Å². The summed E-state index contributed by atoms with van der Waals surface area (Å²) in [5.74, 6) is 1.27. The first-order chi connectivity index (χ1) is 15.2. The summed E-state index contributed by atoms with van der Waals surface area (Å²) in [5.41, 5.74) is 9.12. The number of hydrogen-bond acceptors (Lipinski definition) is 4. The van der Waals surface area contributed by atoms with Gasteiger partial charge in [-0.05, 0) is 48.9 Å². The summed E-state index contributed by atoms with van der Waals surface area (Å²) in [5, 5.41) is 3.72. The minimum Gasteiger partial charge on any atom is -0.352 e. The van der Waals surface area contributed by atoms with Gasteiger partial charge in [0.15, 0.2) is 0 Å². The Morgan fingerprint density at radius 3 is 2.77 bits per heavy atom. The highest BCUT2D eigenvalue weighted by molar-refractivity contribution is 6.31. The second-order valence-corrected chi connectivity index (χ2v) is 9.26. The van der Waals surface area contributed by atoms with E-state index in [-0.39, 0.29) is 5.91 Å². The Balaban J connectivity index is 1.21. The molecule has 31 heavy (non-hydrogen) atoms. The number of piperidine rings is 1. The van der Waals surface area contributed by atoms with Crippen LogP contribution in [-0.4, -0.2) is 37.0 Å². The van der Waals surface area contributed by atoms with Gasteiger partial charge in [-0.1, -0.05) is 60.1 Å². The first kappa shape index (κ1) is 22.3. The van der Waals surface area contributed by atoms with E-state index in [0.29, 0.717) is 35.9 Å². The van der Waals surface area contributed by atoms with Crippen LogP contribution in [0.4, 0.5) is 0 Å². The number of carbonyl (C=O) groups excluding carboxylic acids is 1. The van der Waals surface area contributed by atoms with Gasteiger partial charge in [0.2, 0.25) is 5.91 Å². The number of rotatable bonds is 8. The van der Waals surface area contributed by atoms with Gasteiger partial charge in [-0.15, -0.1) is 0 Å². The Morgan fingerprint density at radius 2 is 1.94 bits per heavy atom. The zero-order valence-electron chi connectivity index (χ0n) is 18.0. The quantitative estimate of drug-likeness (QED) is 0.582. The third-order valence-corrected chi connectivity index (χ3v) is 6.93. The van der Waals surface area contributed by atoms with Gasteiger partial charge in [0.1, 0.15) is 0 Å². The zero-order valence-corrected chi connectivity index (χ0v) is 18.8. The fourth-order valence-electron chi connectivity index (χ4n) is 4.87. The van der Waals surface area contributed by atoms with Crippen LogP contribution in [0, 0.1) is 11.8 Å². The number of nitrogens with one attached hydrogen (secondary N) is 3. The number of benzene rings is 2. The van der Waals surface area contributed by atoms with Crippen molar-refractivity contribution in [3.63, 3.8) is 0 Å². The Bertz CT molecular complexity index is 846. The average molecular weight is 441 g/mol. The summed E-state index contributed by atoms with van der Waals surface area (Å²) in [6.07, 6.45) is 3.98. The highest BCUT2D eigenvalue weighted by atomic mass is 35.5. The van der Waals surface area contributed by atoms with Gasteiger partial charge >= 0.3 is 0 Å². The Labute approximate surface area is 190 Å². The Morgan fingerprint density at radius 1 is 1.13 bits per heavy atom. The molecular weight excluding hydrogens is 408 g/mol. The number of hydrazine groups is 1. The van der Waals surface area contributed by atoms with Gasteiger partial charge in [-0.3, -0.25) is 10.2 Å². The number of nitrogens with zero attached hydrogens (tertiary/aromatic N) is 1. The van der Waals surface area contributed by atoms with Crippen molar-refractivity contribution in [3.8, 4) is 0 Å².